The summed E-state index contributed by atoms with van der Waals surface area (Å²) in [5.74, 6) is 0.402. The molecule has 138 valence electrons. The van der Waals surface area contributed by atoms with Crippen LogP contribution in [0.1, 0.15) is 15.9 Å². The van der Waals surface area contributed by atoms with Crippen molar-refractivity contribution in [3.63, 3.8) is 0 Å². The maximum absolute atomic E-state index is 12.5. The Balaban J connectivity index is 1.63. The van der Waals surface area contributed by atoms with E-state index in [0.717, 1.165) is 6.42 Å². The maximum Gasteiger partial charge on any atom is 0.255 e. The Morgan fingerprint density at radius 1 is 1.00 bits per heavy atom. The first-order valence-electron chi connectivity index (χ1n) is 8.26. The number of nitrogens with one attached hydrogen (secondary N) is 1. The van der Waals surface area contributed by atoms with E-state index in [-0.39, 0.29) is 5.91 Å². The van der Waals surface area contributed by atoms with E-state index in [1.165, 1.54) is 5.56 Å². The molecule has 0 bridgehead atoms. The molecule has 1 N–H and O–H groups in total. The molecule has 0 aliphatic rings. The highest BCUT2D eigenvalue weighted by atomic mass is 79.9. The molecule has 6 heteroatoms. The number of hydrogen-bond acceptors (Lipinski definition) is 2. The van der Waals surface area contributed by atoms with E-state index < -0.39 is 0 Å². The summed E-state index contributed by atoms with van der Waals surface area (Å²) in [7, 11) is 0. The molecule has 0 aliphatic heterocycles. The van der Waals surface area contributed by atoms with Crippen LogP contribution in [0.4, 0.5) is 5.69 Å². The number of ether oxygens (including phenoxy) is 1. The maximum atomic E-state index is 12.5. The van der Waals surface area contributed by atoms with E-state index >= 15 is 0 Å². The van der Waals surface area contributed by atoms with Gasteiger partial charge in [-0.3, -0.25) is 4.79 Å². The number of rotatable bonds is 6. The fraction of sp³-hybridized carbons (Fsp3) is 0.0952. The predicted molar refractivity (Wildman–Crippen MR) is 114 cm³/mol. The standard InChI is InChI=1S/C21H16BrCl2NO2/c22-16-13-15(21(26)25-18-8-4-7-17(23)20(18)24)9-10-19(16)27-12-11-14-5-2-1-3-6-14/h1-10,13H,11-12H2,(H,25,26). The van der Waals surface area contributed by atoms with Gasteiger partial charge in [0, 0.05) is 12.0 Å². The number of amides is 1. The smallest absolute Gasteiger partial charge is 0.255 e. The van der Waals surface area contributed by atoms with Crippen molar-refractivity contribution in [1.82, 2.24) is 0 Å². The van der Waals surface area contributed by atoms with Gasteiger partial charge < -0.3 is 10.1 Å². The first-order chi connectivity index (χ1) is 13.0. The minimum absolute atomic E-state index is 0.282. The molecule has 1 amide bonds. The Bertz CT molecular complexity index is 948. The lowest BCUT2D eigenvalue weighted by Crippen LogP contribution is -2.12. The molecule has 27 heavy (non-hydrogen) atoms. The van der Waals surface area contributed by atoms with Crippen molar-refractivity contribution >= 4 is 50.7 Å². The summed E-state index contributed by atoms with van der Waals surface area (Å²) in [6, 6.07) is 20.4. The molecule has 0 fully saturated rings. The van der Waals surface area contributed by atoms with Crippen LogP contribution in [0.15, 0.2) is 71.2 Å². The highest BCUT2D eigenvalue weighted by molar-refractivity contribution is 9.10. The highest BCUT2D eigenvalue weighted by Crippen LogP contribution is 2.31. The van der Waals surface area contributed by atoms with Crippen LogP contribution in [0, 0.1) is 0 Å². The third-order valence-electron chi connectivity index (χ3n) is 3.88. The van der Waals surface area contributed by atoms with E-state index in [2.05, 4.69) is 33.4 Å². The van der Waals surface area contributed by atoms with Crippen molar-refractivity contribution in [3.05, 3.63) is 92.4 Å². The van der Waals surface area contributed by atoms with Gasteiger partial charge in [0.25, 0.3) is 5.91 Å². The lowest BCUT2D eigenvalue weighted by molar-refractivity contribution is 0.102. The molecule has 0 aromatic heterocycles. The van der Waals surface area contributed by atoms with Gasteiger partial charge in [-0.15, -0.1) is 0 Å². The van der Waals surface area contributed by atoms with Gasteiger partial charge in [0.2, 0.25) is 0 Å². The number of hydrogen-bond donors (Lipinski definition) is 1. The number of carbonyl (C=O) groups is 1. The molecule has 3 rings (SSSR count). The van der Waals surface area contributed by atoms with Crippen molar-refractivity contribution in [2.75, 3.05) is 11.9 Å². The SMILES string of the molecule is O=C(Nc1cccc(Cl)c1Cl)c1ccc(OCCc2ccccc2)c(Br)c1. The number of carbonyl (C=O) groups excluding carboxylic acids is 1. The summed E-state index contributed by atoms with van der Waals surface area (Å²) in [5, 5.41) is 3.46. The summed E-state index contributed by atoms with van der Waals surface area (Å²) >= 11 is 15.5. The summed E-state index contributed by atoms with van der Waals surface area (Å²) in [4.78, 5) is 12.5. The number of benzene rings is 3. The predicted octanol–water partition coefficient (Wildman–Crippen LogP) is 6.63. The monoisotopic (exact) mass is 463 g/mol. The first kappa shape index (κ1) is 19.7. The van der Waals surface area contributed by atoms with Gasteiger partial charge in [-0.05, 0) is 51.8 Å². The Morgan fingerprint density at radius 3 is 2.52 bits per heavy atom. The molecule has 3 aromatic rings. The third-order valence-corrected chi connectivity index (χ3v) is 5.32. The Morgan fingerprint density at radius 2 is 1.78 bits per heavy atom. The van der Waals surface area contributed by atoms with Crippen molar-refractivity contribution in [1.29, 1.82) is 0 Å². The van der Waals surface area contributed by atoms with Crippen LogP contribution in [0.25, 0.3) is 0 Å². The highest BCUT2D eigenvalue weighted by Gasteiger charge is 2.12. The fourth-order valence-corrected chi connectivity index (χ4v) is 3.32. The summed E-state index contributed by atoms with van der Waals surface area (Å²) in [6.07, 6.45) is 0.808. The molecule has 3 aromatic carbocycles. The molecule has 3 nitrogen and oxygen atoms in total. The summed E-state index contributed by atoms with van der Waals surface area (Å²) < 4.78 is 6.52. The molecule has 0 unspecified atom stereocenters. The van der Waals surface area contributed by atoms with Crippen LogP contribution in [-0.2, 0) is 6.42 Å². The van der Waals surface area contributed by atoms with Gasteiger partial charge in [-0.1, -0.05) is 59.6 Å². The van der Waals surface area contributed by atoms with Gasteiger partial charge in [0.15, 0.2) is 0 Å². The molecule has 0 aliphatic carbocycles. The average molecular weight is 465 g/mol. The molecular weight excluding hydrogens is 449 g/mol. The van der Waals surface area contributed by atoms with Crippen LogP contribution in [0.3, 0.4) is 0 Å². The minimum atomic E-state index is -0.282. The summed E-state index contributed by atoms with van der Waals surface area (Å²) in [5.41, 5.74) is 2.16. The van der Waals surface area contributed by atoms with Crippen molar-refractivity contribution in [2.45, 2.75) is 6.42 Å². The Kier molecular flexibility index (Phi) is 6.78. The van der Waals surface area contributed by atoms with Crippen LogP contribution in [0.5, 0.6) is 5.75 Å². The van der Waals surface area contributed by atoms with E-state index in [9.17, 15) is 4.79 Å². The molecular formula is C21H16BrCl2NO2. The van der Waals surface area contributed by atoms with Gasteiger partial charge in [-0.25, -0.2) is 0 Å². The third kappa shape index (κ3) is 5.25. The second kappa shape index (κ2) is 9.27. The quantitative estimate of drug-likeness (QED) is 0.444. The minimum Gasteiger partial charge on any atom is -0.492 e. The number of anilines is 1. The lowest BCUT2D eigenvalue weighted by Gasteiger charge is -2.11. The Hall–Kier alpha value is -2.01. The fourth-order valence-electron chi connectivity index (χ4n) is 2.48. The largest absolute Gasteiger partial charge is 0.492 e. The molecule has 0 radical (unpaired) electrons. The molecule has 0 saturated carbocycles. The molecule has 0 atom stereocenters. The van der Waals surface area contributed by atoms with Crippen LogP contribution in [0.2, 0.25) is 10.0 Å². The zero-order chi connectivity index (χ0) is 19.2. The second-order valence-electron chi connectivity index (χ2n) is 5.78. The molecule has 0 saturated heterocycles. The van der Waals surface area contributed by atoms with Crippen LogP contribution in [-0.4, -0.2) is 12.5 Å². The van der Waals surface area contributed by atoms with Gasteiger partial charge >= 0.3 is 0 Å². The normalized spacial score (nSPS) is 10.5. The average Bonchev–Trinajstić information content (AvgIpc) is 2.67. The van der Waals surface area contributed by atoms with Gasteiger partial charge in [-0.2, -0.15) is 0 Å². The van der Waals surface area contributed by atoms with E-state index in [1.54, 1.807) is 36.4 Å². The van der Waals surface area contributed by atoms with Crippen molar-refractivity contribution in [2.24, 2.45) is 0 Å². The van der Waals surface area contributed by atoms with Crippen LogP contribution >= 0.6 is 39.1 Å². The van der Waals surface area contributed by atoms with E-state index in [1.807, 2.05) is 18.2 Å². The topological polar surface area (TPSA) is 38.3 Å². The Labute approximate surface area is 176 Å². The van der Waals surface area contributed by atoms with Crippen molar-refractivity contribution < 1.29 is 9.53 Å². The van der Waals surface area contributed by atoms with Crippen molar-refractivity contribution in [3.8, 4) is 5.75 Å². The van der Waals surface area contributed by atoms with Gasteiger partial charge in [0.1, 0.15) is 5.75 Å². The van der Waals surface area contributed by atoms with Gasteiger partial charge in [0.05, 0.1) is 26.8 Å². The zero-order valence-corrected chi connectivity index (χ0v) is 17.3. The molecule has 0 spiro atoms. The first-order valence-corrected chi connectivity index (χ1v) is 9.81. The lowest BCUT2D eigenvalue weighted by atomic mass is 10.1. The summed E-state index contributed by atoms with van der Waals surface area (Å²) in [6.45, 7) is 0.548. The van der Waals surface area contributed by atoms with E-state index in [4.69, 9.17) is 27.9 Å². The van der Waals surface area contributed by atoms with Crippen LogP contribution < -0.4 is 10.1 Å². The zero-order valence-electron chi connectivity index (χ0n) is 14.2. The van der Waals surface area contributed by atoms with E-state index in [0.29, 0.717) is 38.1 Å². The number of halogens is 3. The second-order valence-corrected chi connectivity index (χ2v) is 7.42. The molecule has 0 heterocycles.